The van der Waals surface area contributed by atoms with Gasteiger partial charge in [-0.15, -0.1) is 0 Å². The van der Waals surface area contributed by atoms with Crippen LogP contribution in [0.3, 0.4) is 0 Å². The minimum Gasteiger partial charge on any atom is -0.299 e. The molecule has 3 heterocycles. The van der Waals surface area contributed by atoms with E-state index in [1.54, 1.807) is 12.7 Å². The molecule has 3 aromatic rings. The van der Waals surface area contributed by atoms with Crippen LogP contribution in [0.25, 0.3) is 10.9 Å². The standard InChI is InChI=1S/C18H20ClN5/c19-17-7-15-4-1-5-21-18(15)16(8-17)11-23-6-2-3-14(9-23)10-24-13-20-12-22-24/h1,4-5,7-8,12-14H,2-3,6,9-11H2/t14-/m1/s1. The van der Waals surface area contributed by atoms with E-state index in [1.807, 2.05) is 23.0 Å². The van der Waals surface area contributed by atoms with Crippen molar-refractivity contribution in [1.82, 2.24) is 24.6 Å². The van der Waals surface area contributed by atoms with Crippen LogP contribution in [0.2, 0.25) is 5.02 Å². The van der Waals surface area contributed by atoms with Crippen molar-refractivity contribution in [2.45, 2.75) is 25.9 Å². The Balaban J connectivity index is 1.50. The number of benzene rings is 1. The maximum atomic E-state index is 6.30. The third-order valence-corrected chi connectivity index (χ3v) is 4.88. The number of likely N-dealkylation sites (tertiary alicyclic amines) is 1. The number of piperidine rings is 1. The van der Waals surface area contributed by atoms with Gasteiger partial charge >= 0.3 is 0 Å². The maximum absolute atomic E-state index is 6.30. The predicted molar refractivity (Wildman–Crippen MR) is 94.8 cm³/mol. The van der Waals surface area contributed by atoms with E-state index in [2.05, 4.69) is 32.1 Å². The lowest BCUT2D eigenvalue weighted by atomic mass is 9.97. The second kappa shape index (κ2) is 6.87. The van der Waals surface area contributed by atoms with Crippen molar-refractivity contribution < 1.29 is 0 Å². The van der Waals surface area contributed by atoms with Gasteiger partial charge in [0.2, 0.25) is 0 Å². The van der Waals surface area contributed by atoms with Gasteiger partial charge in [0.05, 0.1) is 5.52 Å². The smallest absolute Gasteiger partial charge is 0.137 e. The van der Waals surface area contributed by atoms with Crippen molar-refractivity contribution in [2.75, 3.05) is 13.1 Å². The zero-order valence-corrected chi connectivity index (χ0v) is 14.2. The fourth-order valence-electron chi connectivity index (χ4n) is 3.62. The molecule has 1 fully saturated rings. The number of nitrogens with zero attached hydrogens (tertiary/aromatic N) is 5. The Morgan fingerprint density at radius 1 is 1.29 bits per heavy atom. The fraction of sp³-hybridized carbons (Fsp3) is 0.389. The van der Waals surface area contributed by atoms with E-state index in [-0.39, 0.29) is 0 Å². The number of fused-ring (bicyclic) bond motifs is 1. The van der Waals surface area contributed by atoms with Crippen LogP contribution in [0.5, 0.6) is 0 Å². The van der Waals surface area contributed by atoms with Crippen LogP contribution in [0.4, 0.5) is 0 Å². The molecule has 2 aromatic heterocycles. The molecule has 0 unspecified atom stereocenters. The van der Waals surface area contributed by atoms with Crippen molar-refractivity contribution >= 4 is 22.5 Å². The first-order valence-electron chi connectivity index (χ1n) is 8.36. The quantitative estimate of drug-likeness (QED) is 0.729. The van der Waals surface area contributed by atoms with E-state index < -0.39 is 0 Å². The highest BCUT2D eigenvalue weighted by atomic mass is 35.5. The third kappa shape index (κ3) is 3.42. The molecule has 0 bridgehead atoms. The minimum atomic E-state index is 0.610. The molecule has 0 spiro atoms. The summed E-state index contributed by atoms with van der Waals surface area (Å²) in [4.78, 5) is 11.1. The summed E-state index contributed by atoms with van der Waals surface area (Å²) in [5.74, 6) is 0.610. The van der Waals surface area contributed by atoms with Gasteiger partial charge in [-0.05, 0) is 49.1 Å². The molecule has 1 aliphatic rings. The van der Waals surface area contributed by atoms with Crippen LogP contribution in [0.1, 0.15) is 18.4 Å². The molecule has 6 heteroatoms. The molecule has 0 radical (unpaired) electrons. The Hall–Kier alpha value is -1.98. The molecule has 0 amide bonds. The molecular formula is C18H20ClN5. The normalized spacial score (nSPS) is 19.0. The van der Waals surface area contributed by atoms with Gasteiger partial charge in [0.15, 0.2) is 0 Å². The lowest BCUT2D eigenvalue weighted by Crippen LogP contribution is -2.36. The maximum Gasteiger partial charge on any atom is 0.137 e. The molecule has 1 aliphatic heterocycles. The first-order valence-corrected chi connectivity index (χ1v) is 8.73. The number of rotatable bonds is 4. The molecule has 1 atom stereocenters. The molecule has 4 rings (SSSR count). The highest BCUT2D eigenvalue weighted by molar-refractivity contribution is 6.31. The van der Waals surface area contributed by atoms with Crippen LogP contribution in [-0.4, -0.2) is 37.7 Å². The average Bonchev–Trinajstić information content (AvgIpc) is 3.08. The Labute approximate surface area is 146 Å². The van der Waals surface area contributed by atoms with E-state index in [0.29, 0.717) is 5.92 Å². The molecule has 0 saturated carbocycles. The zero-order chi connectivity index (χ0) is 16.4. The number of hydrogen-bond acceptors (Lipinski definition) is 4. The van der Waals surface area contributed by atoms with E-state index in [4.69, 9.17) is 11.6 Å². The first kappa shape index (κ1) is 15.5. The molecule has 124 valence electrons. The van der Waals surface area contributed by atoms with Gasteiger partial charge in [-0.25, -0.2) is 4.98 Å². The van der Waals surface area contributed by atoms with E-state index in [0.717, 1.165) is 42.1 Å². The number of hydrogen-bond donors (Lipinski definition) is 0. The van der Waals surface area contributed by atoms with Gasteiger partial charge in [0.25, 0.3) is 0 Å². The third-order valence-electron chi connectivity index (χ3n) is 4.66. The highest BCUT2D eigenvalue weighted by Crippen LogP contribution is 2.26. The van der Waals surface area contributed by atoms with Gasteiger partial charge < -0.3 is 0 Å². The van der Waals surface area contributed by atoms with Crippen molar-refractivity contribution in [2.24, 2.45) is 5.92 Å². The van der Waals surface area contributed by atoms with Crippen molar-refractivity contribution in [3.63, 3.8) is 0 Å². The molecule has 1 aromatic carbocycles. The predicted octanol–water partition coefficient (Wildman–Crippen LogP) is 3.39. The van der Waals surface area contributed by atoms with Gasteiger partial charge in [-0.1, -0.05) is 17.7 Å². The summed E-state index contributed by atoms with van der Waals surface area (Å²) in [5.41, 5.74) is 2.26. The zero-order valence-electron chi connectivity index (χ0n) is 13.5. The monoisotopic (exact) mass is 341 g/mol. The molecular weight excluding hydrogens is 322 g/mol. The van der Waals surface area contributed by atoms with E-state index >= 15 is 0 Å². The summed E-state index contributed by atoms with van der Waals surface area (Å²) >= 11 is 6.30. The average molecular weight is 342 g/mol. The molecule has 0 N–H and O–H groups in total. The molecule has 0 aliphatic carbocycles. The van der Waals surface area contributed by atoms with E-state index in [1.165, 1.54) is 18.4 Å². The number of pyridine rings is 1. The summed E-state index contributed by atoms with van der Waals surface area (Å²) in [6.07, 6.45) is 7.71. The van der Waals surface area contributed by atoms with Crippen LogP contribution < -0.4 is 0 Å². The summed E-state index contributed by atoms with van der Waals surface area (Å²) < 4.78 is 1.94. The van der Waals surface area contributed by atoms with Crippen molar-refractivity contribution in [1.29, 1.82) is 0 Å². The lowest BCUT2D eigenvalue weighted by Gasteiger charge is -2.32. The van der Waals surface area contributed by atoms with Gasteiger partial charge in [-0.2, -0.15) is 5.10 Å². The van der Waals surface area contributed by atoms with Gasteiger partial charge in [0, 0.05) is 36.2 Å². The summed E-state index contributed by atoms with van der Waals surface area (Å²) in [7, 11) is 0. The minimum absolute atomic E-state index is 0.610. The Morgan fingerprint density at radius 3 is 3.12 bits per heavy atom. The first-order chi connectivity index (χ1) is 11.8. The second-order valence-electron chi connectivity index (χ2n) is 6.50. The van der Waals surface area contributed by atoms with Crippen LogP contribution in [0, 0.1) is 5.92 Å². The summed E-state index contributed by atoms with van der Waals surface area (Å²) in [6.45, 7) is 4.02. The largest absolute Gasteiger partial charge is 0.299 e. The summed E-state index contributed by atoms with van der Waals surface area (Å²) in [6, 6.07) is 8.06. The Bertz CT molecular complexity index is 817. The number of halogens is 1. The Morgan fingerprint density at radius 2 is 2.25 bits per heavy atom. The van der Waals surface area contributed by atoms with Gasteiger partial charge in [0.1, 0.15) is 12.7 Å². The van der Waals surface area contributed by atoms with E-state index in [9.17, 15) is 0 Å². The molecule has 1 saturated heterocycles. The topological polar surface area (TPSA) is 46.8 Å². The lowest BCUT2D eigenvalue weighted by molar-refractivity contribution is 0.153. The molecule has 5 nitrogen and oxygen atoms in total. The van der Waals surface area contributed by atoms with Crippen molar-refractivity contribution in [3.8, 4) is 0 Å². The van der Waals surface area contributed by atoms with Gasteiger partial charge in [-0.3, -0.25) is 14.6 Å². The SMILES string of the molecule is Clc1cc(CN2CCC[C@@H](Cn3cncn3)C2)c2ncccc2c1. The van der Waals surface area contributed by atoms with Crippen LogP contribution in [0.15, 0.2) is 43.1 Å². The fourth-order valence-corrected chi connectivity index (χ4v) is 3.87. The highest BCUT2D eigenvalue weighted by Gasteiger charge is 2.21. The summed E-state index contributed by atoms with van der Waals surface area (Å²) in [5, 5.41) is 6.12. The van der Waals surface area contributed by atoms with Crippen molar-refractivity contribution in [3.05, 3.63) is 53.7 Å². The Kier molecular flexibility index (Phi) is 4.45. The van der Waals surface area contributed by atoms with Crippen LogP contribution >= 0.6 is 11.6 Å². The number of aromatic nitrogens is 4. The molecule has 24 heavy (non-hydrogen) atoms. The van der Waals surface area contributed by atoms with Crippen LogP contribution in [-0.2, 0) is 13.1 Å². The second-order valence-corrected chi connectivity index (χ2v) is 6.94.